The van der Waals surface area contributed by atoms with E-state index in [1.807, 2.05) is 12.1 Å². The lowest BCUT2D eigenvalue weighted by molar-refractivity contribution is 0.501. The molecule has 0 radical (unpaired) electrons. The minimum Gasteiger partial charge on any atom is -0.346 e. The molecule has 0 amide bonds. The van der Waals surface area contributed by atoms with E-state index in [0.29, 0.717) is 6.04 Å². The van der Waals surface area contributed by atoms with Crippen LogP contribution in [0.15, 0.2) is 18.2 Å². The van der Waals surface area contributed by atoms with Crippen molar-refractivity contribution < 1.29 is 0 Å². The average molecular weight is 235 g/mol. The minimum atomic E-state index is 0.550. The molecule has 0 bridgehead atoms. The van der Waals surface area contributed by atoms with Crippen LogP contribution in [0.1, 0.15) is 18.2 Å². The average Bonchev–Trinajstić information content (AvgIpc) is 2.54. The molecule has 2 heterocycles. The zero-order chi connectivity index (χ0) is 11.3. The maximum absolute atomic E-state index is 6.28. The van der Waals surface area contributed by atoms with Crippen LogP contribution in [0.25, 0.3) is 10.9 Å². The third-order valence-electron chi connectivity index (χ3n) is 3.53. The van der Waals surface area contributed by atoms with Crippen molar-refractivity contribution in [3.8, 4) is 0 Å². The maximum atomic E-state index is 6.28. The molecule has 3 heteroatoms. The van der Waals surface area contributed by atoms with Crippen LogP contribution in [0.3, 0.4) is 0 Å². The van der Waals surface area contributed by atoms with Crippen molar-refractivity contribution in [1.82, 2.24) is 9.88 Å². The van der Waals surface area contributed by atoms with Gasteiger partial charge in [0.15, 0.2) is 0 Å². The normalized spacial score (nSPS) is 20.1. The predicted octanol–water partition coefficient (Wildman–Crippen LogP) is 2.87. The Morgan fingerprint density at radius 3 is 3.06 bits per heavy atom. The summed E-state index contributed by atoms with van der Waals surface area (Å²) in [6.45, 7) is 3.18. The van der Waals surface area contributed by atoms with Gasteiger partial charge in [-0.3, -0.25) is 0 Å². The second-order valence-corrected chi connectivity index (χ2v) is 5.01. The first-order chi connectivity index (χ1) is 7.68. The summed E-state index contributed by atoms with van der Waals surface area (Å²) in [6, 6.07) is 6.71. The fourth-order valence-corrected chi connectivity index (χ4v) is 2.99. The summed E-state index contributed by atoms with van der Waals surface area (Å²) in [5.74, 6) is 0. The summed E-state index contributed by atoms with van der Waals surface area (Å²) >= 11 is 6.28. The summed E-state index contributed by atoms with van der Waals surface area (Å²) < 4.78 is 2.25. The molecule has 1 aromatic heterocycles. The highest BCUT2D eigenvalue weighted by molar-refractivity contribution is 6.35. The third-order valence-corrected chi connectivity index (χ3v) is 3.83. The lowest BCUT2D eigenvalue weighted by atomic mass is 10.0. The van der Waals surface area contributed by atoms with Gasteiger partial charge in [0, 0.05) is 37.1 Å². The number of fused-ring (bicyclic) bond motifs is 3. The molecule has 2 nitrogen and oxygen atoms in total. The molecule has 2 aromatic rings. The summed E-state index contributed by atoms with van der Waals surface area (Å²) in [6.07, 6.45) is 1.08. The number of nitrogens with zero attached hydrogens (tertiary/aromatic N) is 1. The number of halogens is 1. The zero-order valence-corrected chi connectivity index (χ0v) is 10.3. The standard InChI is InChI=1S/C13H15ClN2/c1-8-6-12-10(7-15-8)9-4-3-5-11(14)13(9)16(12)2/h3-5,8,15H,6-7H2,1-2H3. The molecule has 1 aromatic carbocycles. The van der Waals surface area contributed by atoms with Crippen LogP contribution in [0.4, 0.5) is 0 Å². The van der Waals surface area contributed by atoms with E-state index in [2.05, 4.69) is 29.9 Å². The quantitative estimate of drug-likeness (QED) is 0.742. The first-order valence-corrected chi connectivity index (χ1v) is 6.04. The highest BCUT2D eigenvalue weighted by atomic mass is 35.5. The summed E-state index contributed by atoms with van der Waals surface area (Å²) in [4.78, 5) is 0. The lowest BCUT2D eigenvalue weighted by Gasteiger charge is -2.21. The lowest BCUT2D eigenvalue weighted by Crippen LogP contribution is -2.33. The Hall–Kier alpha value is -0.990. The van der Waals surface area contributed by atoms with Crippen LogP contribution in [0.5, 0.6) is 0 Å². The number of para-hydroxylation sites is 1. The Kier molecular flexibility index (Phi) is 2.23. The van der Waals surface area contributed by atoms with E-state index >= 15 is 0 Å². The van der Waals surface area contributed by atoms with Crippen molar-refractivity contribution in [1.29, 1.82) is 0 Å². The predicted molar refractivity (Wildman–Crippen MR) is 67.9 cm³/mol. The molecule has 0 aliphatic carbocycles. The topological polar surface area (TPSA) is 17.0 Å². The van der Waals surface area contributed by atoms with Crippen molar-refractivity contribution in [2.24, 2.45) is 7.05 Å². The summed E-state index contributed by atoms with van der Waals surface area (Å²) in [5, 5.41) is 5.65. The summed E-state index contributed by atoms with van der Waals surface area (Å²) in [5.41, 5.74) is 4.01. The smallest absolute Gasteiger partial charge is 0.0672 e. The van der Waals surface area contributed by atoms with Gasteiger partial charge in [-0.15, -0.1) is 0 Å². The molecular formula is C13H15ClN2. The Labute approximate surface area is 100 Å². The van der Waals surface area contributed by atoms with Crippen molar-refractivity contribution in [3.63, 3.8) is 0 Å². The van der Waals surface area contributed by atoms with Crippen LogP contribution in [-0.4, -0.2) is 10.6 Å². The molecule has 1 unspecified atom stereocenters. The van der Waals surface area contributed by atoms with Crippen molar-refractivity contribution in [2.75, 3.05) is 0 Å². The number of aromatic nitrogens is 1. The van der Waals surface area contributed by atoms with Gasteiger partial charge in [0.05, 0.1) is 10.5 Å². The van der Waals surface area contributed by atoms with Gasteiger partial charge in [-0.2, -0.15) is 0 Å². The van der Waals surface area contributed by atoms with E-state index < -0.39 is 0 Å². The number of rotatable bonds is 0. The van der Waals surface area contributed by atoms with Crippen LogP contribution < -0.4 is 5.32 Å². The molecule has 1 aliphatic heterocycles. The number of benzene rings is 1. The van der Waals surface area contributed by atoms with E-state index in [1.54, 1.807) is 0 Å². The van der Waals surface area contributed by atoms with Gasteiger partial charge in [0.1, 0.15) is 0 Å². The van der Waals surface area contributed by atoms with E-state index in [4.69, 9.17) is 11.6 Å². The van der Waals surface area contributed by atoms with E-state index in [9.17, 15) is 0 Å². The van der Waals surface area contributed by atoms with Gasteiger partial charge in [-0.1, -0.05) is 23.7 Å². The molecule has 16 heavy (non-hydrogen) atoms. The van der Waals surface area contributed by atoms with Crippen LogP contribution in [0.2, 0.25) is 5.02 Å². The Balaban J connectivity index is 2.36. The van der Waals surface area contributed by atoms with Gasteiger partial charge in [0.2, 0.25) is 0 Å². The molecule has 3 rings (SSSR count). The number of hydrogen-bond donors (Lipinski definition) is 1. The van der Waals surface area contributed by atoms with Crippen LogP contribution >= 0.6 is 11.6 Å². The molecule has 1 atom stereocenters. The van der Waals surface area contributed by atoms with Crippen molar-refractivity contribution in [2.45, 2.75) is 25.9 Å². The van der Waals surface area contributed by atoms with Crippen LogP contribution in [-0.2, 0) is 20.0 Å². The number of hydrogen-bond acceptors (Lipinski definition) is 1. The number of aryl methyl sites for hydroxylation is 1. The van der Waals surface area contributed by atoms with E-state index in [0.717, 1.165) is 18.0 Å². The second kappa shape index (κ2) is 3.51. The monoisotopic (exact) mass is 234 g/mol. The molecule has 0 saturated carbocycles. The first kappa shape index (κ1) is 10.2. The molecule has 0 fully saturated rings. The second-order valence-electron chi connectivity index (χ2n) is 4.61. The number of nitrogens with one attached hydrogen (secondary N) is 1. The maximum Gasteiger partial charge on any atom is 0.0672 e. The molecule has 1 N–H and O–H groups in total. The fourth-order valence-electron chi connectivity index (χ4n) is 2.69. The van der Waals surface area contributed by atoms with Crippen molar-refractivity contribution >= 4 is 22.5 Å². The molecular weight excluding hydrogens is 220 g/mol. The highest BCUT2D eigenvalue weighted by Crippen LogP contribution is 2.32. The Morgan fingerprint density at radius 2 is 2.25 bits per heavy atom. The largest absolute Gasteiger partial charge is 0.346 e. The molecule has 0 saturated heterocycles. The highest BCUT2D eigenvalue weighted by Gasteiger charge is 2.22. The molecule has 1 aliphatic rings. The SMILES string of the molecule is CC1Cc2c(c3cccc(Cl)c3n2C)CN1. The minimum absolute atomic E-state index is 0.550. The fraction of sp³-hybridized carbons (Fsp3) is 0.385. The molecule has 0 spiro atoms. The van der Waals surface area contributed by atoms with Crippen LogP contribution in [0, 0.1) is 0 Å². The van der Waals surface area contributed by atoms with Gasteiger partial charge in [-0.25, -0.2) is 0 Å². The van der Waals surface area contributed by atoms with Gasteiger partial charge in [-0.05, 0) is 18.6 Å². The first-order valence-electron chi connectivity index (χ1n) is 5.66. The van der Waals surface area contributed by atoms with E-state index in [1.165, 1.54) is 22.2 Å². The molecule has 84 valence electrons. The van der Waals surface area contributed by atoms with Crippen molar-refractivity contribution in [3.05, 3.63) is 34.5 Å². The zero-order valence-electron chi connectivity index (χ0n) is 9.55. The summed E-state index contributed by atoms with van der Waals surface area (Å²) in [7, 11) is 2.12. The van der Waals surface area contributed by atoms with E-state index in [-0.39, 0.29) is 0 Å². The Morgan fingerprint density at radius 1 is 1.44 bits per heavy atom. The van der Waals surface area contributed by atoms with Gasteiger partial charge in [0.25, 0.3) is 0 Å². The van der Waals surface area contributed by atoms with Gasteiger partial charge < -0.3 is 9.88 Å². The van der Waals surface area contributed by atoms with Gasteiger partial charge >= 0.3 is 0 Å². The Bertz CT molecular complexity index is 557. The third kappa shape index (κ3) is 1.30.